The van der Waals surface area contributed by atoms with Crippen LogP contribution in [0, 0.1) is 38.5 Å². The first kappa shape index (κ1) is 32.0. The zero-order chi connectivity index (χ0) is 30.4. The van der Waals surface area contributed by atoms with E-state index in [9.17, 15) is 0 Å². The Morgan fingerprint density at radius 1 is 0.561 bits per heavy atom. The maximum absolute atomic E-state index is 8.72. The van der Waals surface area contributed by atoms with Gasteiger partial charge in [0, 0.05) is 33.7 Å². The molecule has 0 amide bonds. The molecule has 0 atom stereocenters. The third-order valence-corrected chi connectivity index (χ3v) is 5.35. The van der Waals surface area contributed by atoms with Gasteiger partial charge >= 0.3 is 11.4 Å². The van der Waals surface area contributed by atoms with Crippen LogP contribution < -0.4 is 0 Å². The van der Waals surface area contributed by atoms with Crippen molar-refractivity contribution >= 4 is 44.5 Å². The molecular formula is C28H26N8O4S. The van der Waals surface area contributed by atoms with Gasteiger partial charge in [-0.05, 0) is 75.2 Å². The van der Waals surface area contributed by atoms with Gasteiger partial charge in [0.1, 0.15) is 0 Å². The maximum atomic E-state index is 8.72. The topological polar surface area (TPSA) is 186 Å². The van der Waals surface area contributed by atoms with E-state index in [2.05, 4.69) is 30.4 Å². The molecule has 0 spiro atoms. The van der Waals surface area contributed by atoms with Crippen LogP contribution in [0.2, 0.25) is 0 Å². The average Bonchev–Trinajstić information content (AvgIpc) is 2.92. The van der Waals surface area contributed by atoms with E-state index in [1.807, 2.05) is 88.4 Å². The lowest BCUT2D eigenvalue weighted by Gasteiger charge is -2.06. The van der Waals surface area contributed by atoms with Crippen molar-refractivity contribution < 1.29 is 17.5 Å². The van der Waals surface area contributed by atoms with Crippen molar-refractivity contribution in [3.05, 3.63) is 117 Å². The first-order chi connectivity index (χ1) is 19.4. The van der Waals surface area contributed by atoms with E-state index in [0.717, 1.165) is 45.0 Å². The zero-order valence-electron chi connectivity index (χ0n) is 22.7. The molecule has 0 aromatic heterocycles. The molecule has 41 heavy (non-hydrogen) atoms. The van der Waals surface area contributed by atoms with Crippen LogP contribution in [-0.4, -0.2) is 17.5 Å². The Morgan fingerprint density at radius 3 is 1.20 bits per heavy atom. The normalized spacial score (nSPS) is 10.6. The molecule has 208 valence electrons. The van der Waals surface area contributed by atoms with Gasteiger partial charge in [-0.3, -0.25) is 8.42 Å². The van der Waals surface area contributed by atoms with Gasteiger partial charge in [0.25, 0.3) is 0 Å². The summed E-state index contributed by atoms with van der Waals surface area (Å²) in [5.74, 6) is 0. The minimum Gasteiger partial charge on any atom is -0.759 e. The lowest BCUT2D eigenvalue weighted by Crippen LogP contribution is -1.91. The van der Waals surface area contributed by atoms with Crippen LogP contribution in [0.4, 0.5) is 34.1 Å². The van der Waals surface area contributed by atoms with Crippen molar-refractivity contribution in [3.63, 3.8) is 0 Å². The lowest BCUT2D eigenvalue weighted by molar-refractivity contribution is 0.352. The van der Waals surface area contributed by atoms with Crippen LogP contribution in [0.1, 0.15) is 22.3 Å². The van der Waals surface area contributed by atoms with Gasteiger partial charge in [-0.2, -0.15) is 20.5 Å². The van der Waals surface area contributed by atoms with E-state index in [4.69, 9.17) is 28.3 Å². The van der Waals surface area contributed by atoms with Gasteiger partial charge < -0.3 is 9.11 Å². The highest BCUT2D eigenvalue weighted by Gasteiger charge is 2.10. The minimum absolute atomic E-state index is 0.546. The molecule has 0 saturated carbocycles. The first-order valence-electron chi connectivity index (χ1n) is 11.9. The Hall–Kier alpha value is -5.21. The smallest absolute Gasteiger partial charge is 0.388 e. The highest BCUT2D eigenvalue weighted by atomic mass is 32.3. The fraction of sp³-hybridized carbons (Fsp3) is 0.143. The Balaban J connectivity index is 0.000000247. The summed E-state index contributed by atoms with van der Waals surface area (Å²) < 4.78 is 34.1. The fourth-order valence-electron chi connectivity index (χ4n) is 3.20. The van der Waals surface area contributed by atoms with Crippen LogP contribution in [-0.2, 0) is 10.4 Å². The maximum Gasteiger partial charge on any atom is 0.388 e. The van der Waals surface area contributed by atoms with Gasteiger partial charge in [0.15, 0.2) is 9.95 Å². The summed E-state index contributed by atoms with van der Waals surface area (Å²) in [6.45, 7) is 7.71. The summed E-state index contributed by atoms with van der Waals surface area (Å²) in [7, 11) is -5.17. The number of hydrogen-bond acceptors (Lipinski definition) is 10. The summed E-state index contributed by atoms with van der Waals surface area (Å²) in [4.78, 5) is 6.34. The molecule has 0 radical (unpaired) electrons. The van der Waals surface area contributed by atoms with Gasteiger partial charge in [0.2, 0.25) is 10.8 Å². The number of aryl methyl sites for hydroxylation is 4. The van der Waals surface area contributed by atoms with Crippen molar-refractivity contribution in [3.8, 4) is 0 Å². The lowest BCUT2D eigenvalue weighted by atomic mass is 10.2. The van der Waals surface area contributed by atoms with Crippen LogP contribution in [0.25, 0.3) is 9.95 Å². The third-order valence-electron chi connectivity index (χ3n) is 5.35. The Bertz CT molecular complexity index is 1630. The van der Waals surface area contributed by atoms with Gasteiger partial charge in [-0.1, -0.05) is 36.4 Å². The zero-order valence-corrected chi connectivity index (χ0v) is 23.5. The van der Waals surface area contributed by atoms with Crippen LogP contribution in [0.15, 0.2) is 105 Å². The largest absolute Gasteiger partial charge is 0.759 e. The van der Waals surface area contributed by atoms with E-state index in [1.54, 1.807) is 24.3 Å². The molecule has 0 aliphatic rings. The molecule has 0 unspecified atom stereocenters. The summed E-state index contributed by atoms with van der Waals surface area (Å²) in [6, 6.07) is 26.2. The van der Waals surface area contributed by atoms with Crippen LogP contribution >= 0.6 is 0 Å². The van der Waals surface area contributed by atoms with E-state index in [1.165, 1.54) is 0 Å². The summed E-state index contributed by atoms with van der Waals surface area (Å²) in [6.07, 6.45) is 0. The van der Waals surface area contributed by atoms with Crippen molar-refractivity contribution in [2.75, 3.05) is 0 Å². The molecule has 0 aliphatic carbocycles. The SMILES string of the molecule is Cc1ccccc1/N=N/c1ccc([N+]#N)c(C)c1.Cc1ccccc1/N=N/c1ccc([N+]#N)c(C)c1.O=S(=O)([O-])[O-]. The third kappa shape index (κ3) is 11.6. The quantitative estimate of drug-likeness (QED) is 0.102. The molecule has 0 N–H and O–H groups in total. The first-order valence-corrected chi connectivity index (χ1v) is 13.3. The monoisotopic (exact) mass is 570 g/mol. The van der Waals surface area contributed by atoms with Gasteiger partial charge in [-0.25, -0.2) is 0 Å². The summed E-state index contributed by atoms with van der Waals surface area (Å²) >= 11 is 0. The molecule has 12 nitrogen and oxygen atoms in total. The van der Waals surface area contributed by atoms with Crippen molar-refractivity contribution in [2.45, 2.75) is 27.7 Å². The molecule has 4 aromatic carbocycles. The van der Waals surface area contributed by atoms with E-state index >= 15 is 0 Å². The number of rotatable bonds is 4. The summed E-state index contributed by atoms with van der Waals surface area (Å²) in [5.41, 5.74) is 8.16. The Kier molecular flexibility index (Phi) is 12.0. The van der Waals surface area contributed by atoms with Gasteiger partial charge in [-0.15, -0.1) is 0 Å². The number of benzene rings is 4. The number of diazo groups is 2. The van der Waals surface area contributed by atoms with Crippen molar-refractivity contribution in [1.82, 2.24) is 0 Å². The Labute approximate surface area is 238 Å². The molecule has 0 heterocycles. The fourth-order valence-corrected chi connectivity index (χ4v) is 3.20. The molecule has 0 saturated heterocycles. The molecule has 0 aliphatic heterocycles. The molecule has 0 fully saturated rings. The standard InChI is InChI=1S/2C14H13N4.H2O4S/c2*1-10-5-3-4-6-14(10)18-17-12-7-8-13(16-15)11(2)9-12;1-5(2,3)4/h2*3-9H,1-2H3;(H2,1,2,3,4)/q2*+1;/p-2/b2*18-17+;. The molecule has 13 heteroatoms. The second-order valence-corrected chi connectivity index (χ2v) is 9.34. The van der Waals surface area contributed by atoms with Crippen LogP contribution in [0.3, 0.4) is 0 Å². The second-order valence-electron chi connectivity index (χ2n) is 8.52. The summed E-state index contributed by atoms with van der Waals surface area (Å²) in [5, 5.41) is 34.2. The van der Waals surface area contributed by atoms with Crippen LogP contribution in [0.5, 0.6) is 0 Å². The number of hydrogen-bond donors (Lipinski definition) is 0. The second kappa shape index (κ2) is 15.4. The van der Waals surface area contributed by atoms with Gasteiger partial charge in [0.05, 0.1) is 22.7 Å². The molecular weight excluding hydrogens is 544 g/mol. The molecule has 0 bridgehead atoms. The molecule has 4 rings (SSSR count). The predicted molar refractivity (Wildman–Crippen MR) is 153 cm³/mol. The highest BCUT2D eigenvalue weighted by Crippen LogP contribution is 2.27. The van der Waals surface area contributed by atoms with E-state index in [-0.39, 0.29) is 0 Å². The minimum atomic E-state index is -5.17. The number of nitrogens with zero attached hydrogens (tertiary/aromatic N) is 8. The average molecular weight is 571 g/mol. The Morgan fingerprint density at radius 2 is 0.902 bits per heavy atom. The molecule has 4 aromatic rings. The van der Waals surface area contributed by atoms with Crippen molar-refractivity contribution in [2.24, 2.45) is 20.5 Å². The van der Waals surface area contributed by atoms with E-state index < -0.39 is 10.4 Å². The van der Waals surface area contributed by atoms with E-state index in [0.29, 0.717) is 11.4 Å². The van der Waals surface area contributed by atoms with Crippen molar-refractivity contribution in [1.29, 1.82) is 10.8 Å². The predicted octanol–water partition coefficient (Wildman–Crippen LogP) is 9.07. The number of azo groups is 2. The highest BCUT2D eigenvalue weighted by molar-refractivity contribution is 7.79.